The topological polar surface area (TPSA) is 47.9 Å². The second-order valence-corrected chi connectivity index (χ2v) is 5.77. The van der Waals surface area contributed by atoms with Crippen LogP contribution in [0.4, 0.5) is 0 Å². The summed E-state index contributed by atoms with van der Waals surface area (Å²) in [5, 5.41) is 0.694. The molecule has 0 bridgehead atoms. The van der Waals surface area contributed by atoms with Crippen molar-refractivity contribution in [3.05, 3.63) is 46.2 Å². The molecule has 1 saturated heterocycles. The Balaban J connectivity index is 2.34. The molecule has 1 aliphatic heterocycles. The second kappa shape index (κ2) is 7.07. The fourth-order valence-electron chi connectivity index (χ4n) is 2.56. The Morgan fingerprint density at radius 1 is 1.32 bits per heavy atom. The van der Waals surface area contributed by atoms with Crippen molar-refractivity contribution < 1.29 is 14.3 Å². The number of ether oxygens (including phenoxy) is 2. The standard InChI is InChI=1S/C17H20ClNO3/c1-10-15(17(11(2)19-4)22-12(3)20)9-21-16(10)13-5-7-14(18)8-6-13/h5-8,10,16H,9H2,1-4H3. The summed E-state index contributed by atoms with van der Waals surface area (Å²) in [6, 6.07) is 7.61. The van der Waals surface area contributed by atoms with Crippen LogP contribution in [0, 0.1) is 5.92 Å². The lowest BCUT2D eigenvalue weighted by molar-refractivity contribution is -0.136. The van der Waals surface area contributed by atoms with Crippen LogP contribution in [-0.2, 0) is 14.3 Å². The second-order valence-electron chi connectivity index (χ2n) is 5.33. The minimum atomic E-state index is -0.354. The first-order valence-electron chi connectivity index (χ1n) is 7.16. The zero-order valence-electron chi connectivity index (χ0n) is 13.2. The molecule has 0 aromatic heterocycles. The van der Waals surface area contributed by atoms with Gasteiger partial charge in [0.05, 0.1) is 18.4 Å². The molecule has 2 rings (SSSR count). The highest BCUT2D eigenvalue weighted by molar-refractivity contribution is 6.30. The van der Waals surface area contributed by atoms with Crippen molar-refractivity contribution in [1.29, 1.82) is 0 Å². The molecule has 0 N–H and O–H groups in total. The monoisotopic (exact) mass is 321 g/mol. The maximum atomic E-state index is 11.4. The van der Waals surface area contributed by atoms with Crippen molar-refractivity contribution in [3.63, 3.8) is 0 Å². The minimum Gasteiger partial charge on any atom is -0.425 e. The Hall–Kier alpha value is -1.65. The Labute approximate surface area is 135 Å². The van der Waals surface area contributed by atoms with Crippen LogP contribution in [0.15, 0.2) is 40.6 Å². The normalized spacial score (nSPS) is 24.3. The predicted molar refractivity (Wildman–Crippen MR) is 87.1 cm³/mol. The average Bonchev–Trinajstić information content (AvgIpc) is 2.86. The van der Waals surface area contributed by atoms with E-state index in [1.54, 1.807) is 7.05 Å². The molecule has 1 aromatic rings. The molecule has 4 nitrogen and oxygen atoms in total. The van der Waals surface area contributed by atoms with E-state index in [-0.39, 0.29) is 18.0 Å². The highest BCUT2D eigenvalue weighted by Crippen LogP contribution is 2.39. The predicted octanol–water partition coefficient (Wildman–Crippen LogP) is 3.96. The van der Waals surface area contributed by atoms with Gasteiger partial charge in [-0.15, -0.1) is 0 Å². The van der Waals surface area contributed by atoms with Crippen molar-refractivity contribution in [2.24, 2.45) is 10.9 Å². The van der Waals surface area contributed by atoms with E-state index in [9.17, 15) is 4.79 Å². The number of carbonyl (C=O) groups excluding carboxylic acids is 1. The van der Waals surface area contributed by atoms with Gasteiger partial charge in [-0.1, -0.05) is 30.7 Å². The zero-order valence-corrected chi connectivity index (χ0v) is 14.0. The lowest BCUT2D eigenvalue weighted by Gasteiger charge is -2.17. The van der Waals surface area contributed by atoms with Crippen LogP contribution in [0.2, 0.25) is 5.02 Å². The molecule has 2 unspecified atom stereocenters. The number of aliphatic imine (C=N–C) groups is 1. The van der Waals surface area contributed by atoms with Crippen LogP contribution in [0.25, 0.3) is 0 Å². The molecule has 1 aromatic carbocycles. The molecule has 0 saturated carbocycles. The summed E-state index contributed by atoms with van der Waals surface area (Å²) in [5.41, 5.74) is 2.70. The van der Waals surface area contributed by atoms with E-state index in [1.165, 1.54) is 6.92 Å². The van der Waals surface area contributed by atoms with Gasteiger partial charge in [-0.3, -0.25) is 9.79 Å². The van der Waals surface area contributed by atoms with Crippen molar-refractivity contribution in [2.45, 2.75) is 26.9 Å². The van der Waals surface area contributed by atoms with Gasteiger partial charge in [-0.05, 0) is 24.6 Å². The van der Waals surface area contributed by atoms with Gasteiger partial charge in [-0.25, -0.2) is 0 Å². The van der Waals surface area contributed by atoms with Gasteiger partial charge < -0.3 is 9.47 Å². The Bertz CT molecular complexity index is 619. The van der Waals surface area contributed by atoms with Crippen molar-refractivity contribution in [2.75, 3.05) is 13.7 Å². The van der Waals surface area contributed by atoms with Gasteiger partial charge in [0.1, 0.15) is 0 Å². The average molecular weight is 322 g/mol. The number of benzene rings is 1. The summed E-state index contributed by atoms with van der Waals surface area (Å²) in [6.07, 6.45) is -0.0810. The van der Waals surface area contributed by atoms with Crippen LogP contribution < -0.4 is 0 Å². The summed E-state index contributed by atoms with van der Waals surface area (Å²) >= 11 is 5.93. The molecule has 22 heavy (non-hydrogen) atoms. The van der Waals surface area contributed by atoms with E-state index < -0.39 is 0 Å². The minimum absolute atomic E-state index is 0.0810. The molecule has 0 spiro atoms. The number of nitrogens with zero attached hydrogens (tertiary/aromatic N) is 1. The highest BCUT2D eigenvalue weighted by Gasteiger charge is 2.34. The molecule has 1 aliphatic rings. The number of allylic oxidation sites excluding steroid dienone is 1. The first-order chi connectivity index (χ1) is 10.4. The van der Waals surface area contributed by atoms with Gasteiger partial charge >= 0.3 is 5.97 Å². The number of esters is 1. The molecule has 0 aliphatic carbocycles. The number of hydrogen-bond donors (Lipinski definition) is 0. The molecular formula is C17H20ClNO3. The van der Waals surface area contributed by atoms with Crippen LogP contribution >= 0.6 is 11.6 Å². The molecule has 1 fully saturated rings. The fraction of sp³-hybridized carbons (Fsp3) is 0.412. The van der Waals surface area contributed by atoms with E-state index in [1.807, 2.05) is 31.2 Å². The Morgan fingerprint density at radius 2 is 1.95 bits per heavy atom. The largest absolute Gasteiger partial charge is 0.425 e. The van der Waals surface area contributed by atoms with E-state index in [0.29, 0.717) is 23.1 Å². The van der Waals surface area contributed by atoms with Gasteiger partial charge in [0, 0.05) is 30.5 Å². The van der Waals surface area contributed by atoms with E-state index >= 15 is 0 Å². The van der Waals surface area contributed by atoms with Gasteiger partial charge in [0.25, 0.3) is 0 Å². The third-order valence-electron chi connectivity index (χ3n) is 3.82. The van der Waals surface area contributed by atoms with Crippen LogP contribution in [0.5, 0.6) is 0 Å². The number of carbonyl (C=O) groups is 1. The smallest absolute Gasteiger partial charge is 0.308 e. The molecule has 118 valence electrons. The highest BCUT2D eigenvalue weighted by atomic mass is 35.5. The van der Waals surface area contributed by atoms with Gasteiger partial charge in [0.15, 0.2) is 5.76 Å². The maximum Gasteiger partial charge on any atom is 0.308 e. The molecule has 5 heteroatoms. The van der Waals surface area contributed by atoms with Crippen molar-refractivity contribution >= 4 is 23.3 Å². The van der Waals surface area contributed by atoms with Gasteiger partial charge in [0.2, 0.25) is 0 Å². The van der Waals surface area contributed by atoms with E-state index in [2.05, 4.69) is 11.9 Å². The van der Waals surface area contributed by atoms with E-state index in [0.717, 1.165) is 11.1 Å². The molecule has 1 heterocycles. The summed E-state index contributed by atoms with van der Waals surface area (Å²) < 4.78 is 11.3. The molecular weight excluding hydrogens is 302 g/mol. The first kappa shape index (κ1) is 16.7. The molecule has 0 radical (unpaired) electrons. The van der Waals surface area contributed by atoms with Crippen molar-refractivity contribution in [3.8, 4) is 0 Å². The van der Waals surface area contributed by atoms with Crippen molar-refractivity contribution in [1.82, 2.24) is 0 Å². The third-order valence-corrected chi connectivity index (χ3v) is 4.07. The van der Waals surface area contributed by atoms with Crippen LogP contribution in [-0.4, -0.2) is 25.3 Å². The number of hydrogen-bond acceptors (Lipinski definition) is 4. The summed E-state index contributed by atoms with van der Waals surface area (Å²) in [4.78, 5) is 15.5. The van der Waals surface area contributed by atoms with Gasteiger partial charge in [-0.2, -0.15) is 0 Å². The summed E-state index contributed by atoms with van der Waals surface area (Å²) in [5.74, 6) is 0.263. The first-order valence-corrected chi connectivity index (χ1v) is 7.54. The lowest BCUT2D eigenvalue weighted by atomic mass is 9.92. The lowest BCUT2D eigenvalue weighted by Crippen LogP contribution is -2.14. The molecule has 0 amide bonds. The van der Waals surface area contributed by atoms with Crippen LogP contribution in [0.3, 0.4) is 0 Å². The third kappa shape index (κ3) is 3.57. The maximum absolute atomic E-state index is 11.4. The fourth-order valence-corrected chi connectivity index (χ4v) is 2.69. The van der Waals surface area contributed by atoms with Crippen LogP contribution in [0.1, 0.15) is 32.4 Å². The SMILES string of the molecule is CN=C(C)C(OC(C)=O)=C1COC(c2ccc(Cl)cc2)C1C. The van der Waals surface area contributed by atoms with E-state index in [4.69, 9.17) is 21.1 Å². The summed E-state index contributed by atoms with van der Waals surface area (Å²) in [7, 11) is 1.68. The number of rotatable bonds is 3. The summed E-state index contributed by atoms with van der Waals surface area (Å²) in [6.45, 7) is 5.70. The number of halogens is 1. The molecule has 2 atom stereocenters. The Morgan fingerprint density at radius 3 is 2.50 bits per heavy atom. The quantitative estimate of drug-likeness (QED) is 0.481. The Kier molecular flexibility index (Phi) is 5.37. The zero-order chi connectivity index (χ0) is 16.3.